The molecule has 24 heavy (non-hydrogen) atoms. The van der Waals surface area contributed by atoms with Gasteiger partial charge in [-0.1, -0.05) is 41.9 Å². The van der Waals surface area contributed by atoms with E-state index in [1.54, 1.807) is 6.08 Å². The average Bonchev–Trinajstić information content (AvgIpc) is 2.52. The van der Waals surface area contributed by atoms with Gasteiger partial charge in [0.1, 0.15) is 11.9 Å². The van der Waals surface area contributed by atoms with Crippen molar-refractivity contribution >= 4 is 21.5 Å². The number of allylic oxidation sites excluding steroid dienone is 3. The minimum atomic E-state index is -4.40. The van der Waals surface area contributed by atoms with Crippen LogP contribution >= 0.6 is 15.9 Å². The fourth-order valence-corrected chi connectivity index (χ4v) is 3.28. The summed E-state index contributed by atoms with van der Waals surface area (Å²) in [4.78, 5) is 0. The Morgan fingerprint density at radius 3 is 2.38 bits per heavy atom. The van der Waals surface area contributed by atoms with E-state index in [0.29, 0.717) is 22.5 Å². The first-order chi connectivity index (χ1) is 11.2. The summed E-state index contributed by atoms with van der Waals surface area (Å²) in [5.74, 6) is 0.0669. The number of hydrogen-bond donors (Lipinski definition) is 0. The number of alkyl halides is 5. The summed E-state index contributed by atoms with van der Waals surface area (Å²) in [6.07, 6.45) is -2.41. The van der Waals surface area contributed by atoms with Gasteiger partial charge in [-0.25, -0.2) is 4.39 Å². The highest BCUT2D eigenvalue weighted by molar-refractivity contribution is 9.08. The maximum atomic E-state index is 14.3. The second kappa shape index (κ2) is 7.30. The highest BCUT2D eigenvalue weighted by atomic mass is 79.9. The smallest absolute Gasteiger partial charge is 0.416 e. The molecule has 1 aliphatic carbocycles. The number of halogens is 5. The molecule has 2 rings (SSSR count). The standard InChI is InChI=1S/C18H19BrF4O/c1-10(2)14-7-15(17(24-3)8-16(14)20)13-5-4-12(18(21,22)23)6-11(13)9-19/h4-8,10,14,16H,9H2,1-3H3. The van der Waals surface area contributed by atoms with Crippen molar-refractivity contribution in [1.82, 2.24) is 0 Å². The number of benzene rings is 1. The van der Waals surface area contributed by atoms with Gasteiger partial charge in [-0.15, -0.1) is 0 Å². The summed E-state index contributed by atoms with van der Waals surface area (Å²) in [5.41, 5.74) is 1.03. The summed E-state index contributed by atoms with van der Waals surface area (Å²) in [7, 11) is 1.43. The summed E-state index contributed by atoms with van der Waals surface area (Å²) >= 11 is 3.24. The van der Waals surface area contributed by atoms with Gasteiger partial charge in [0.15, 0.2) is 0 Å². The highest BCUT2D eigenvalue weighted by Crippen LogP contribution is 2.39. The Morgan fingerprint density at radius 2 is 1.88 bits per heavy atom. The molecule has 6 heteroatoms. The lowest BCUT2D eigenvalue weighted by atomic mass is 9.82. The van der Waals surface area contributed by atoms with Crippen molar-refractivity contribution in [3.63, 3.8) is 0 Å². The van der Waals surface area contributed by atoms with Crippen molar-refractivity contribution in [2.24, 2.45) is 11.8 Å². The largest absolute Gasteiger partial charge is 0.496 e. The van der Waals surface area contributed by atoms with E-state index >= 15 is 0 Å². The Labute approximate surface area is 147 Å². The first kappa shape index (κ1) is 19.0. The Hall–Kier alpha value is -1.30. The van der Waals surface area contributed by atoms with Crippen molar-refractivity contribution in [1.29, 1.82) is 0 Å². The van der Waals surface area contributed by atoms with Gasteiger partial charge < -0.3 is 4.74 Å². The van der Waals surface area contributed by atoms with Crippen LogP contribution in [0.25, 0.3) is 5.57 Å². The monoisotopic (exact) mass is 406 g/mol. The zero-order valence-electron chi connectivity index (χ0n) is 13.6. The Bertz CT molecular complexity index is 661. The van der Waals surface area contributed by atoms with Crippen molar-refractivity contribution in [2.75, 3.05) is 7.11 Å². The highest BCUT2D eigenvalue weighted by Gasteiger charge is 2.33. The number of hydrogen-bond acceptors (Lipinski definition) is 1. The topological polar surface area (TPSA) is 9.23 Å². The molecular weight excluding hydrogens is 388 g/mol. The molecule has 2 unspecified atom stereocenters. The number of methoxy groups -OCH3 is 1. The van der Waals surface area contributed by atoms with Crippen molar-refractivity contribution < 1.29 is 22.3 Å². The quantitative estimate of drug-likeness (QED) is 0.431. The van der Waals surface area contributed by atoms with E-state index in [0.717, 1.165) is 12.1 Å². The van der Waals surface area contributed by atoms with Gasteiger partial charge in [-0.3, -0.25) is 0 Å². The van der Waals surface area contributed by atoms with E-state index < -0.39 is 17.9 Å². The van der Waals surface area contributed by atoms with Crippen LogP contribution in [0.15, 0.2) is 36.1 Å². The van der Waals surface area contributed by atoms with Crippen molar-refractivity contribution in [2.45, 2.75) is 31.5 Å². The molecule has 0 aromatic heterocycles. The molecule has 132 valence electrons. The molecule has 0 fully saturated rings. The Kier molecular flexibility index (Phi) is 5.78. The summed E-state index contributed by atoms with van der Waals surface area (Å²) in [6, 6.07) is 3.58. The fourth-order valence-electron chi connectivity index (χ4n) is 2.82. The van der Waals surface area contributed by atoms with Crippen LogP contribution in [0, 0.1) is 11.8 Å². The Morgan fingerprint density at radius 1 is 1.21 bits per heavy atom. The van der Waals surface area contributed by atoms with E-state index in [9.17, 15) is 17.6 Å². The normalized spacial score (nSPS) is 21.5. The molecule has 0 bridgehead atoms. The van der Waals surface area contributed by atoms with Crippen molar-refractivity contribution in [3.8, 4) is 0 Å². The minimum Gasteiger partial charge on any atom is -0.496 e. The second-order valence-corrected chi connectivity index (χ2v) is 6.65. The molecule has 1 aromatic rings. The van der Waals surface area contributed by atoms with Gasteiger partial charge in [0.25, 0.3) is 0 Å². The summed E-state index contributed by atoms with van der Waals surface area (Å²) in [6.45, 7) is 3.82. The van der Waals surface area contributed by atoms with Crippen molar-refractivity contribution in [3.05, 3.63) is 52.8 Å². The molecule has 0 saturated heterocycles. The molecular formula is C18H19BrF4O. The molecule has 0 radical (unpaired) electrons. The van der Waals surface area contributed by atoms with Gasteiger partial charge in [0.2, 0.25) is 0 Å². The van der Waals surface area contributed by atoms with Crippen LogP contribution < -0.4 is 0 Å². The van der Waals surface area contributed by atoms with Gasteiger partial charge in [-0.2, -0.15) is 13.2 Å². The predicted molar refractivity (Wildman–Crippen MR) is 90.4 cm³/mol. The van der Waals surface area contributed by atoms with Crippen LogP contribution in [0.5, 0.6) is 0 Å². The molecule has 2 atom stereocenters. The molecule has 0 spiro atoms. The van der Waals surface area contributed by atoms with Gasteiger partial charge in [0.05, 0.1) is 12.7 Å². The van der Waals surface area contributed by atoms with Crippen LogP contribution in [0.3, 0.4) is 0 Å². The lowest BCUT2D eigenvalue weighted by Gasteiger charge is -2.27. The molecule has 0 amide bonds. The summed E-state index contributed by atoms with van der Waals surface area (Å²) < 4.78 is 58.3. The minimum absolute atomic E-state index is 0.0616. The van der Waals surface area contributed by atoms with Gasteiger partial charge in [-0.05, 0) is 35.3 Å². The SMILES string of the molecule is COC1=CC(F)C(C(C)C)C=C1c1ccc(C(F)(F)F)cc1CBr. The third-order valence-corrected chi connectivity index (χ3v) is 4.76. The van der Waals surface area contributed by atoms with Crippen LogP contribution in [-0.4, -0.2) is 13.3 Å². The molecule has 0 heterocycles. The van der Waals surface area contributed by atoms with E-state index in [1.807, 2.05) is 13.8 Å². The molecule has 0 N–H and O–H groups in total. The van der Waals surface area contributed by atoms with E-state index in [1.165, 1.54) is 19.3 Å². The van der Waals surface area contributed by atoms with Crippen LogP contribution in [0.4, 0.5) is 17.6 Å². The summed E-state index contributed by atoms with van der Waals surface area (Å²) in [5, 5.41) is 0.256. The van der Waals surface area contributed by atoms with Gasteiger partial charge >= 0.3 is 6.18 Å². The molecule has 1 aliphatic rings. The lowest BCUT2D eigenvalue weighted by Crippen LogP contribution is -2.22. The molecule has 1 aromatic carbocycles. The van der Waals surface area contributed by atoms with E-state index in [-0.39, 0.29) is 17.2 Å². The fraction of sp³-hybridized carbons (Fsp3) is 0.444. The maximum absolute atomic E-state index is 14.3. The zero-order chi connectivity index (χ0) is 18.1. The van der Waals surface area contributed by atoms with E-state index in [4.69, 9.17) is 4.74 Å². The number of rotatable bonds is 4. The average molecular weight is 407 g/mol. The zero-order valence-corrected chi connectivity index (χ0v) is 15.2. The van der Waals surface area contributed by atoms with Gasteiger partial charge in [0, 0.05) is 16.8 Å². The Balaban J connectivity index is 2.56. The van der Waals surface area contributed by atoms with Crippen LogP contribution in [0.1, 0.15) is 30.5 Å². The molecule has 0 saturated carbocycles. The van der Waals surface area contributed by atoms with Crippen LogP contribution in [-0.2, 0) is 16.2 Å². The third-order valence-electron chi connectivity index (χ3n) is 4.16. The maximum Gasteiger partial charge on any atom is 0.416 e. The molecule has 1 nitrogen and oxygen atoms in total. The third kappa shape index (κ3) is 3.85. The first-order valence-electron chi connectivity index (χ1n) is 7.57. The van der Waals surface area contributed by atoms with E-state index in [2.05, 4.69) is 15.9 Å². The second-order valence-electron chi connectivity index (χ2n) is 6.08. The number of ether oxygens (including phenoxy) is 1. The first-order valence-corrected chi connectivity index (χ1v) is 8.69. The lowest BCUT2D eigenvalue weighted by molar-refractivity contribution is -0.137. The molecule has 0 aliphatic heterocycles. The predicted octanol–water partition coefficient (Wildman–Crippen LogP) is 6.14. The van der Waals surface area contributed by atoms with Crippen LogP contribution in [0.2, 0.25) is 0 Å².